The molecule has 0 spiro atoms. The minimum absolute atomic E-state index is 0.253. The van der Waals surface area contributed by atoms with Crippen molar-refractivity contribution in [2.75, 3.05) is 16.8 Å². The first-order valence-electron chi connectivity index (χ1n) is 6.80. The molecule has 1 N–H and O–H groups in total. The van der Waals surface area contributed by atoms with Crippen LogP contribution in [0.3, 0.4) is 0 Å². The Morgan fingerprint density at radius 3 is 2.76 bits per heavy atom. The summed E-state index contributed by atoms with van der Waals surface area (Å²) in [6.45, 7) is 2.20. The number of pyridine rings is 1. The number of rotatable bonds is 2. The molecule has 0 radical (unpaired) electrons. The van der Waals surface area contributed by atoms with Crippen LogP contribution in [0.25, 0.3) is 0 Å². The quantitative estimate of drug-likeness (QED) is 0.917. The number of aromatic nitrogens is 1. The number of amides is 2. The largest absolute Gasteiger partial charge is 0.383 e. The molecule has 0 atom stereocenters. The lowest BCUT2D eigenvalue weighted by molar-refractivity contribution is -0.115. The van der Waals surface area contributed by atoms with E-state index in [0.717, 1.165) is 24.2 Å². The molecule has 0 bridgehead atoms. The molecule has 1 aliphatic heterocycles. The van der Waals surface area contributed by atoms with Crippen LogP contribution >= 0.6 is 0 Å². The summed E-state index contributed by atoms with van der Waals surface area (Å²) in [5, 5.41) is 3.24. The molecular weight excluding hydrogens is 266 g/mol. The Morgan fingerprint density at radius 2 is 2.05 bits per heavy atom. The first-order valence-corrected chi connectivity index (χ1v) is 6.80. The van der Waals surface area contributed by atoms with Crippen molar-refractivity contribution in [2.45, 2.75) is 13.3 Å². The monoisotopic (exact) mass is 281 g/mol. The van der Waals surface area contributed by atoms with Gasteiger partial charge in [-0.05, 0) is 30.2 Å². The van der Waals surface area contributed by atoms with Gasteiger partial charge in [0.1, 0.15) is 5.69 Å². The number of nitrogens with one attached hydrogen (secondary N) is 1. The van der Waals surface area contributed by atoms with Crippen LogP contribution in [0.4, 0.5) is 11.4 Å². The van der Waals surface area contributed by atoms with Gasteiger partial charge in [0.2, 0.25) is 5.91 Å². The van der Waals surface area contributed by atoms with Crippen LogP contribution in [0.2, 0.25) is 0 Å². The summed E-state index contributed by atoms with van der Waals surface area (Å²) in [7, 11) is 0. The van der Waals surface area contributed by atoms with E-state index in [1.165, 1.54) is 11.8 Å². The van der Waals surface area contributed by atoms with Crippen molar-refractivity contribution in [2.24, 2.45) is 0 Å². The molecule has 0 saturated heterocycles. The van der Waals surface area contributed by atoms with Crippen LogP contribution in [-0.2, 0) is 11.2 Å². The van der Waals surface area contributed by atoms with Gasteiger partial charge in [-0.15, -0.1) is 0 Å². The zero-order valence-electron chi connectivity index (χ0n) is 11.7. The van der Waals surface area contributed by atoms with Gasteiger partial charge in [-0.2, -0.15) is 0 Å². The number of hydrogen-bond acceptors (Lipinski definition) is 4. The van der Waals surface area contributed by atoms with Crippen LogP contribution in [0.5, 0.6) is 0 Å². The summed E-state index contributed by atoms with van der Waals surface area (Å²) in [4.78, 5) is 29.8. The highest BCUT2D eigenvalue weighted by Gasteiger charge is 2.27. The Bertz CT molecular complexity index is 698. The van der Waals surface area contributed by atoms with Gasteiger partial charge >= 0.3 is 0 Å². The third-order valence-corrected chi connectivity index (χ3v) is 3.47. The molecule has 2 amide bonds. The zero-order chi connectivity index (χ0) is 14.8. The van der Waals surface area contributed by atoms with Crippen LogP contribution in [0.15, 0.2) is 42.6 Å². The first-order chi connectivity index (χ1) is 10.2. The van der Waals surface area contributed by atoms with Crippen LogP contribution in [0, 0.1) is 0 Å². The number of anilines is 2. The van der Waals surface area contributed by atoms with Crippen molar-refractivity contribution in [1.29, 1.82) is 0 Å². The van der Waals surface area contributed by atoms with Crippen molar-refractivity contribution in [3.63, 3.8) is 0 Å². The fourth-order valence-electron chi connectivity index (χ4n) is 2.53. The van der Waals surface area contributed by atoms with Crippen LogP contribution in [0.1, 0.15) is 23.0 Å². The molecule has 21 heavy (non-hydrogen) atoms. The van der Waals surface area contributed by atoms with E-state index in [2.05, 4.69) is 10.3 Å². The topological polar surface area (TPSA) is 62.3 Å². The molecule has 0 unspecified atom stereocenters. The molecule has 2 heterocycles. The second-order valence-corrected chi connectivity index (χ2v) is 4.86. The number of hydrogen-bond donors (Lipinski definition) is 1. The molecule has 5 nitrogen and oxygen atoms in total. The minimum Gasteiger partial charge on any atom is -0.383 e. The Labute approximate surface area is 122 Å². The predicted molar refractivity (Wildman–Crippen MR) is 80.4 cm³/mol. The summed E-state index contributed by atoms with van der Waals surface area (Å²) >= 11 is 0. The van der Waals surface area contributed by atoms with E-state index in [1.807, 2.05) is 12.1 Å². The maximum atomic E-state index is 12.6. The Kier molecular flexibility index (Phi) is 3.39. The molecule has 1 aromatic carbocycles. The lowest BCUT2D eigenvalue weighted by Gasteiger charge is -2.21. The van der Waals surface area contributed by atoms with Crippen molar-refractivity contribution >= 4 is 23.2 Å². The van der Waals surface area contributed by atoms with E-state index in [-0.39, 0.29) is 11.6 Å². The Morgan fingerprint density at radius 1 is 1.19 bits per heavy atom. The molecule has 0 saturated carbocycles. The SMILES string of the molecule is CC(=O)N(C(=O)c1ccccn1)c1cccc2c1NCC2. The van der Waals surface area contributed by atoms with Crippen molar-refractivity contribution < 1.29 is 9.59 Å². The lowest BCUT2D eigenvalue weighted by atomic mass is 10.1. The van der Waals surface area contributed by atoms with Crippen molar-refractivity contribution in [3.05, 3.63) is 53.9 Å². The first kappa shape index (κ1) is 13.3. The van der Waals surface area contributed by atoms with E-state index in [0.29, 0.717) is 5.69 Å². The third kappa shape index (κ3) is 2.38. The number of nitrogens with zero attached hydrogens (tertiary/aromatic N) is 2. The van der Waals surface area contributed by atoms with E-state index in [9.17, 15) is 9.59 Å². The fraction of sp³-hybridized carbons (Fsp3) is 0.188. The Hall–Kier alpha value is -2.69. The van der Waals surface area contributed by atoms with Crippen molar-refractivity contribution in [3.8, 4) is 0 Å². The molecule has 3 rings (SSSR count). The number of fused-ring (bicyclic) bond motifs is 1. The van der Waals surface area contributed by atoms with Gasteiger partial charge in [0.05, 0.1) is 11.4 Å². The van der Waals surface area contributed by atoms with E-state index in [4.69, 9.17) is 0 Å². The summed E-state index contributed by atoms with van der Waals surface area (Å²) < 4.78 is 0. The number of imide groups is 1. The van der Waals surface area contributed by atoms with Crippen molar-refractivity contribution in [1.82, 2.24) is 4.98 Å². The molecule has 1 aromatic heterocycles. The van der Waals surface area contributed by atoms with Gasteiger partial charge in [-0.1, -0.05) is 18.2 Å². The van der Waals surface area contributed by atoms with Crippen LogP contribution in [-0.4, -0.2) is 23.3 Å². The number of benzene rings is 1. The highest BCUT2D eigenvalue weighted by molar-refractivity contribution is 6.21. The predicted octanol–water partition coefficient (Wildman–Crippen LogP) is 2.24. The minimum atomic E-state index is -0.412. The number of carbonyl (C=O) groups is 2. The summed E-state index contributed by atoms with van der Waals surface area (Å²) in [6.07, 6.45) is 2.44. The van der Waals surface area contributed by atoms with Gasteiger partial charge < -0.3 is 5.32 Å². The molecule has 0 aliphatic carbocycles. The van der Waals surface area contributed by atoms with E-state index < -0.39 is 5.91 Å². The normalized spacial score (nSPS) is 12.4. The van der Waals surface area contributed by atoms with Gasteiger partial charge in [0.15, 0.2) is 0 Å². The molecule has 106 valence electrons. The smallest absolute Gasteiger partial charge is 0.283 e. The average molecular weight is 281 g/mol. The maximum Gasteiger partial charge on any atom is 0.283 e. The van der Waals surface area contributed by atoms with Gasteiger partial charge in [0.25, 0.3) is 5.91 Å². The van der Waals surface area contributed by atoms with Crippen LogP contribution < -0.4 is 10.2 Å². The molecular formula is C16H15N3O2. The lowest BCUT2D eigenvalue weighted by Crippen LogP contribution is -2.36. The number of para-hydroxylation sites is 1. The molecule has 0 fully saturated rings. The second kappa shape index (κ2) is 5.36. The Balaban J connectivity index is 2.06. The summed E-state index contributed by atoms with van der Waals surface area (Å²) in [5.41, 5.74) is 2.82. The average Bonchev–Trinajstić information content (AvgIpc) is 2.97. The molecule has 2 aromatic rings. The standard InChI is InChI=1S/C16H15N3O2/c1-11(20)19(16(21)13-6-2-3-9-17-13)14-7-4-5-12-8-10-18-15(12)14/h2-7,9,18H,8,10H2,1H3. The second-order valence-electron chi connectivity index (χ2n) is 4.86. The van der Waals surface area contributed by atoms with Gasteiger partial charge in [0, 0.05) is 19.7 Å². The van der Waals surface area contributed by atoms with Gasteiger partial charge in [-0.3, -0.25) is 14.6 Å². The highest BCUT2D eigenvalue weighted by Crippen LogP contribution is 2.34. The highest BCUT2D eigenvalue weighted by atomic mass is 16.2. The maximum absolute atomic E-state index is 12.6. The summed E-state index contributed by atoms with van der Waals surface area (Å²) in [5.74, 6) is -0.738. The zero-order valence-corrected chi connectivity index (χ0v) is 11.7. The van der Waals surface area contributed by atoms with Gasteiger partial charge in [-0.25, -0.2) is 4.90 Å². The third-order valence-electron chi connectivity index (χ3n) is 3.47. The fourth-order valence-corrected chi connectivity index (χ4v) is 2.53. The number of carbonyl (C=O) groups excluding carboxylic acids is 2. The molecule has 5 heteroatoms. The van der Waals surface area contributed by atoms with E-state index in [1.54, 1.807) is 30.5 Å². The summed E-state index contributed by atoms with van der Waals surface area (Å²) in [6, 6.07) is 10.7. The van der Waals surface area contributed by atoms with E-state index >= 15 is 0 Å². The molecule has 1 aliphatic rings.